The summed E-state index contributed by atoms with van der Waals surface area (Å²) in [4.78, 5) is 26.7. The molecule has 0 saturated heterocycles. The maximum absolute atomic E-state index is 12.9. The van der Waals surface area contributed by atoms with E-state index < -0.39 is 11.6 Å². The van der Waals surface area contributed by atoms with Gasteiger partial charge in [0, 0.05) is 19.5 Å². The lowest BCUT2D eigenvalue weighted by Crippen LogP contribution is -2.40. The van der Waals surface area contributed by atoms with Crippen LogP contribution in [0.25, 0.3) is 0 Å². The van der Waals surface area contributed by atoms with Crippen LogP contribution >= 0.6 is 0 Å². The Balaban J connectivity index is 2.22. The van der Waals surface area contributed by atoms with Crippen molar-refractivity contribution < 1.29 is 38.0 Å². The first-order chi connectivity index (χ1) is 18.2. The summed E-state index contributed by atoms with van der Waals surface area (Å²) in [6.45, 7) is 12.7. The summed E-state index contributed by atoms with van der Waals surface area (Å²) in [6, 6.07) is 8.09. The third-order valence-electron chi connectivity index (χ3n) is 5.10. The molecule has 1 rings (SSSR count). The van der Waals surface area contributed by atoms with Crippen molar-refractivity contribution in [3.05, 3.63) is 35.4 Å². The highest BCUT2D eigenvalue weighted by Gasteiger charge is 2.22. The zero-order valence-electron chi connectivity index (χ0n) is 23.7. The van der Waals surface area contributed by atoms with Crippen LogP contribution in [-0.2, 0) is 44.4 Å². The fraction of sp³-hybridized carbons (Fsp3) is 0.714. The van der Waals surface area contributed by atoms with Crippen LogP contribution in [0.4, 0.5) is 0 Å². The molecule has 0 aliphatic rings. The van der Waals surface area contributed by atoms with Gasteiger partial charge >= 0.3 is 5.97 Å². The number of rotatable bonds is 22. The van der Waals surface area contributed by atoms with Gasteiger partial charge in [0.25, 0.3) is 0 Å². The predicted molar refractivity (Wildman–Crippen MR) is 145 cm³/mol. The van der Waals surface area contributed by atoms with E-state index in [2.05, 4.69) is 0 Å². The highest BCUT2D eigenvalue weighted by Crippen LogP contribution is 2.10. The minimum Gasteiger partial charge on any atom is -0.459 e. The van der Waals surface area contributed by atoms with Crippen LogP contribution in [-0.4, -0.2) is 108 Å². The summed E-state index contributed by atoms with van der Waals surface area (Å²) >= 11 is 0. The van der Waals surface area contributed by atoms with Gasteiger partial charge < -0.3 is 39.1 Å². The average molecular weight is 541 g/mol. The van der Waals surface area contributed by atoms with Gasteiger partial charge in [-0.15, -0.1) is 0 Å². The van der Waals surface area contributed by atoms with E-state index in [1.54, 1.807) is 20.8 Å². The van der Waals surface area contributed by atoms with Crippen LogP contribution in [0.5, 0.6) is 0 Å². The van der Waals surface area contributed by atoms with E-state index in [1.807, 2.05) is 31.2 Å². The van der Waals surface area contributed by atoms with Gasteiger partial charge in [0.1, 0.15) is 12.1 Å². The second kappa shape index (κ2) is 20.8. The highest BCUT2D eigenvalue weighted by atomic mass is 16.6. The van der Waals surface area contributed by atoms with Gasteiger partial charge in [-0.2, -0.15) is 0 Å². The van der Waals surface area contributed by atoms with Crippen molar-refractivity contribution in [2.45, 2.75) is 46.1 Å². The zero-order chi connectivity index (χ0) is 28.1. The lowest BCUT2D eigenvalue weighted by molar-refractivity contribution is -0.159. The number of hydrogen-bond acceptors (Lipinski definition) is 9. The van der Waals surface area contributed by atoms with Crippen molar-refractivity contribution in [3.8, 4) is 0 Å². The minimum absolute atomic E-state index is 0.106. The number of carbonyl (C=O) groups excluding carboxylic acids is 2. The van der Waals surface area contributed by atoms with Crippen molar-refractivity contribution in [1.82, 2.24) is 4.90 Å². The van der Waals surface area contributed by atoms with Crippen LogP contribution < -0.4 is 5.73 Å². The molecule has 0 fully saturated rings. The van der Waals surface area contributed by atoms with Gasteiger partial charge in [0.05, 0.1) is 66.1 Å². The summed E-state index contributed by atoms with van der Waals surface area (Å²) in [6.07, 6.45) is 0.915. The number of hydrogen-bond donors (Lipinski definition) is 1. The number of esters is 1. The molecule has 2 N–H and O–H groups in total. The largest absolute Gasteiger partial charge is 0.459 e. The number of aryl methyl sites for hydroxylation is 2. The molecule has 0 atom stereocenters. The number of ether oxygens (including phenoxy) is 6. The summed E-state index contributed by atoms with van der Waals surface area (Å²) in [5.41, 5.74) is 6.97. The van der Waals surface area contributed by atoms with Gasteiger partial charge in [-0.3, -0.25) is 9.59 Å². The normalized spacial score (nSPS) is 11.5. The van der Waals surface area contributed by atoms with Crippen molar-refractivity contribution in [3.63, 3.8) is 0 Å². The Kier molecular flexibility index (Phi) is 18.6. The smallest absolute Gasteiger partial charge is 0.326 e. The summed E-state index contributed by atoms with van der Waals surface area (Å²) in [5.74, 6) is -0.546. The topological polar surface area (TPSA) is 119 Å². The maximum atomic E-state index is 12.9. The number of nitrogens with two attached hydrogens (primary N) is 1. The summed E-state index contributed by atoms with van der Waals surface area (Å²) in [5, 5.41) is 0. The molecule has 0 heterocycles. The molecule has 0 aliphatic heterocycles. The molecule has 1 aromatic rings. The van der Waals surface area contributed by atoms with E-state index in [0.717, 1.165) is 5.56 Å². The van der Waals surface area contributed by atoms with Gasteiger partial charge in [-0.05, 0) is 39.7 Å². The van der Waals surface area contributed by atoms with E-state index in [0.29, 0.717) is 92.0 Å². The molecule has 10 heteroatoms. The molecule has 10 nitrogen and oxygen atoms in total. The van der Waals surface area contributed by atoms with E-state index in [9.17, 15) is 9.59 Å². The van der Waals surface area contributed by atoms with Crippen molar-refractivity contribution in [2.75, 3.05) is 85.7 Å². The van der Waals surface area contributed by atoms with E-state index in [4.69, 9.17) is 34.2 Å². The summed E-state index contributed by atoms with van der Waals surface area (Å²) < 4.78 is 32.5. The molecular weight excluding hydrogens is 492 g/mol. The highest BCUT2D eigenvalue weighted by molar-refractivity contribution is 5.82. The second-order valence-electron chi connectivity index (χ2n) is 9.74. The molecule has 0 aliphatic carbocycles. The molecule has 0 spiro atoms. The average Bonchev–Trinajstić information content (AvgIpc) is 2.86. The Morgan fingerprint density at radius 1 is 0.763 bits per heavy atom. The first kappa shape index (κ1) is 33.9. The quantitative estimate of drug-likeness (QED) is 0.174. The Hall–Kier alpha value is -2.08. The first-order valence-corrected chi connectivity index (χ1v) is 13.3. The zero-order valence-corrected chi connectivity index (χ0v) is 23.7. The SMILES string of the molecule is Cc1ccc(CCC(=O)N(CCOCCOCCOCCOCCOCCN)CC(=O)OC(C)(C)C)cc1. The van der Waals surface area contributed by atoms with E-state index in [1.165, 1.54) is 10.5 Å². The van der Waals surface area contributed by atoms with Crippen LogP contribution in [0.1, 0.15) is 38.3 Å². The van der Waals surface area contributed by atoms with Crippen LogP contribution in [0.2, 0.25) is 0 Å². The van der Waals surface area contributed by atoms with Gasteiger partial charge in [0.2, 0.25) is 5.91 Å². The Labute approximate surface area is 228 Å². The first-order valence-electron chi connectivity index (χ1n) is 13.3. The number of carbonyl (C=O) groups is 2. The van der Waals surface area contributed by atoms with Crippen molar-refractivity contribution in [1.29, 1.82) is 0 Å². The number of nitrogens with zero attached hydrogens (tertiary/aromatic N) is 1. The molecule has 0 aromatic heterocycles. The molecule has 1 aromatic carbocycles. The Bertz CT molecular complexity index is 752. The minimum atomic E-state index is -0.613. The van der Waals surface area contributed by atoms with Crippen molar-refractivity contribution in [2.24, 2.45) is 5.73 Å². The molecule has 0 unspecified atom stereocenters. The van der Waals surface area contributed by atoms with Gasteiger partial charge in [-0.25, -0.2) is 0 Å². The van der Waals surface area contributed by atoms with Crippen LogP contribution in [0.15, 0.2) is 24.3 Å². The lowest BCUT2D eigenvalue weighted by Gasteiger charge is -2.25. The third kappa shape index (κ3) is 19.1. The molecule has 0 saturated carbocycles. The van der Waals surface area contributed by atoms with Crippen LogP contribution in [0.3, 0.4) is 0 Å². The molecule has 0 radical (unpaired) electrons. The van der Waals surface area contributed by atoms with Gasteiger partial charge in [0.15, 0.2) is 0 Å². The fourth-order valence-electron chi connectivity index (χ4n) is 3.23. The lowest BCUT2D eigenvalue weighted by atomic mass is 10.1. The molecule has 0 bridgehead atoms. The molecule has 38 heavy (non-hydrogen) atoms. The standard InChI is InChI=1S/C28H48N2O8/c1-24-5-7-25(8-6-24)9-10-26(31)30(23-27(32)38-28(2,3)4)12-14-34-16-18-36-20-22-37-21-19-35-17-15-33-13-11-29/h5-8H,9-23,29H2,1-4H3. The Morgan fingerprint density at radius 2 is 1.24 bits per heavy atom. The van der Waals surface area contributed by atoms with E-state index >= 15 is 0 Å². The Morgan fingerprint density at radius 3 is 1.71 bits per heavy atom. The van der Waals surface area contributed by atoms with E-state index in [-0.39, 0.29) is 12.5 Å². The molecule has 218 valence electrons. The fourth-order valence-corrected chi connectivity index (χ4v) is 3.23. The van der Waals surface area contributed by atoms with Gasteiger partial charge in [-0.1, -0.05) is 29.8 Å². The third-order valence-corrected chi connectivity index (χ3v) is 5.10. The number of amides is 1. The second-order valence-corrected chi connectivity index (χ2v) is 9.74. The maximum Gasteiger partial charge on any atom is 0.326 e. The number of benzene rings is 1. The molecular formula is C28H48N2O8. The molecule has 1 amide bonds. The monoisotopic (exact) mass is 540 g/mol. The predicted octanol–water partition coefficient (Wildman–Crippen LogP) is 2.14. The summed E-state index contributed by atoms with van der Waals surface area (Å²) in [7, 11) is 0. The van der Waals surface area contributed by atoms with Crippen molar-refractivity contribution >= 4 is 11.9 Å². The van der Waals surface area contributed by atoms with Crippen LogP contribution in [0, 0.1) is 6.92 Å².